The Kier molecular flexibility index (Phi) is 4.33. The molecule has 0 aliphatic carbocycles. The number of ether oxygens (including phenoxy) is 1. The lowest BCUT2D eigenvalue weighted by Gasteiger charge is -2.14. The van der Waals surface area contributed by atoms with Crippen molar-refractivity contribution in [2.45, 2.75) is 38.4 Å². The molecule has 0 radical (unpaired) electrons. The van der Waals surface area contributed by atoms with Crippen LogP contribution in [0.5, 0.6) is 0 Å². The molecule has 0 spiro atoms. The molecule has 1 heterocycles. The molecule has 0 bridgehead atoms. The average molecular weight is 249 g/mol. The van der Waals surface area contributed by atoms with Crippen LogP contribution in [0.4, 0.5) is 5.69 Å². The van der Waals surface area contributed by atoms with Gasteiger partial charge in [0, 0.05) is 17.9 Å². The summed E-state index contributed by atoms with van der Waals surface area (Å²) in [7, 11) is 0. The molecular weight excluding hydrogens is 230 g/mol. The third kappa shape index (κ3) is 3.31. The van der Waals surface area contributed by atoms with Crippen LogP contribution in [-0.4, -0.2) is 23.7 Å². The Bertz CT molecular complexity index is 411. The molecule has 1 aliphatic heterocycles. The monoisotopic (exact) mass is 249 g/mol. The van der Waals surface area contributed by atoms with Gasteiger partial charge in [-0.25, -0.2) is 0 Å². The molecule has 2 atom stereocenters. The molecular formula is C14H19NO3. The third-order valence-corrected chi connectivity index (χ3v) is 3.12. The Morgan fingerprint density at radius 1 is 1.56 bits per heavy atom. The van der Waals surface area contributed by atoms with Gasteiger partial charge in [0.15, 0.2) is 0 Å². The molecule has 2 unspecified atom stereocenters. The lowest BCUT2D eigenvalue weighted by Crippen LogP contribution is -2.20. The van der Waals surface area contributed by atoms with Crippen molar-refractivity contribution < 1.29 is 14.6 Å². The number of aliphatic hydroxyl groups is 1. The number of amides is 1. The van der Waals surface area contributed by atoms with Gasteiger partial charge < -0.3 is 15.2 Å². The van der Waals surface area contributed by atoms with E-state index in [0.29, 0.717) is 12.1 Å². The van der Waals surface area contributed by atoms with E-state index in [-0.39, 0.29) is 12.0 Å². The first-order valence-corrected chi connectivity index (χ1v) is 6.35. The zero-order valence-corrected chi connectivity index (χ0v) is 10.6. The first kappa shape index (κ1) is 13.1. The third-order valence-electron chi connectivity index (χ3n) is 3.12. The van der Waals surface area contributed by atoms with Gasteiger partial charge in [-0.2, -0.15) is 0 Å². The number of nitrogens with one attached hydrogen (secondary N) is 1. The predicted octanol–water partition coefficient (Wildman–Crippen LogP) is 2.25. The lowest BCUT2D eigenvalue weighted by atomic mass is 10.1. The van der Waals surface area contributed by atoms with Crippen molar-refractivity contribution in [3.8, 4) is 0 Å². The molecule has 98 valence electrons. The van der Waals surface area contributed by atoms with Crippen molar-refractivity contribution in [2.75, 3.05) is 11.9 Å². The summed E-state index contributed by atoms with van der Waals surface area (Å²) in [5.74, 6) is -0.0602. The minimum Gasteiger partial charge on any atom is -0.389 e. The molecule has 4 nitrogen and oxygen atoms in total. The van der Waals surface area contributed by atoms with E-state index in [1.807, 2.05) is 18.2 Å². The van der Waals surface area contributed by atoms with Gasteiger partial charge in [0.05, 0.1) is 18.6 Å². The van der Waals surface area contributed by atoms with Crippen molar-refractivity contribution in [3.05, 3.63) is 29.8 Å². The summed E-state index contributed by atoms with van der Waals surface area (Å²) in [5.41, 5.74) is 1.41. The van der Waals surface area contributed by atoms with Gasteiger partial charge in [0.1, 0.15) is 0 Å². The van der Waals surface area contributed by atoms with Gasteiger partial charge in [0.25, 0.3) is 0 Å². The molecule has 4 heteroatoms. The second-order valence-electron chi connectivity index (χ2n) is 4.65. The van der Waals surface area contributed by atoms with Gasteiger partial charge in [0.2, 0.25) is 5.91 Å². The summed E-state index contributed by atoms with van der Waals surface area (Å²) in [6.07, 6.45) is 1.81. The maximum atomic E-state index is 11.9. The second kappa shape index (κ2) is 5.98. The molecule has 18 heavy (non-hydrogen) atoms. The summed E-state index contributed by atoms with van der Waals surface area (Å²) >= 11 is 0. The maximum Gasteiger partial charge on any atom is 0.226 e. The summed E-state index contributed by atoms with van der Waals surface area (Å²) in [6.45, 7) is 2.44. The minimum absolute atomic E-state index is 0.0451. The van der Waals surface area contributed by atoms with Crippen molar-refractivity contribution >= 4 is 11.6 Å². The van der Waals surface area contributed by atoms with Gasteiger partial charge in [-0.1, -0.05) is 18.2 Å². The number of rotatable bonds is 4. The van der Waals surface area contributed by atoms with Gasteiger partial charge in [-0.05, 0) is 25.8 Å². The van der Waals surface area contributed by atoms with E-state index >= 15 is 0 Å². The van der Waals surface area contributed by atoms with Crippen molar-refractivity contribution in [1.82, 2.24) is 0 Å². The first-order valence-electron chi connectivity index (χ1n) is 6.35. The molecule has 0 saturated carbocycles. The van der Waals surface area contributed by atoms with Crippen LogP contribution in [0.15, 0.2) is 24.3 Å². The highest BCUT2D eigenvalue weighted by atomic mass is 16.5. The molecule has 1 amide bonds. The Morgan fingerprint density at radius 2 is 2.33 bits per heavy atom. The highest BCUT2D eigenvalue weighted by molar-refractivity contribution is 5.91. The molecule has 2 rings (SSSR count). The normalized spacial score (nSPS) is 20.7. The van der Waals surface area contributed by atoms with Crippen molar-refractivity contribution in [3.63, 3.8) is 0 Å². The fourth-order valence-electron chi connectivity index (χ4n) is 2.19. The highest BCUT2D eigenvalue weighted by Crippen LogP contribution is 2.23. The van der Waals surface area contributed by atoms with Gasteiger partial charge in [-0.3, -0.25) is 4.79 Å². The Morgan fingerprint density at radius 3 is 3.00 bits per heavy atom. The van der Waals surface area contributed by atoms with E-state index in [1.165, 1.54) is 0 Å². The van der Waals surface area contributed by atoms with Crippen LogP contribution < -0.4 is 5.32 Å². The van der Waals surface area contributed by atoms with E-state index in [1.54, 1.807) is 13.0 Å². The number of anilines is 1. The molecule has 1 aliphatic rings. The summed E-state index contributed by atoms with van der Waals surface area (Å²) in [4.78, 5) is 11.9. The molecule has 0 aromatic heterocycles. The molecule has 1 aromatic carbocycles. The molecule has 2 N–H and O–H groups in total. The number of carbonyl (C=O) groups excluding carboxylic acids is 1. The fourth-order valence-corrected chi connectivity index (χ4v) is 2.19. The van der Waals surface area contributed by atoms with Crippen LogP contribution in [-0.2, 0) is 9.53 Å². The van der Waals surface area contributed by atoms with Crippen LogP contribution in [0.25, 0.3) is 0 Å². The predicted molar refractivity (Wildman–Crippen MR) is 69.3 cm³/mol. The van der Waals surface area contributed by atoms with Crippen molar-refractivity contribution in [2.24, 2.45) is 0 Å². The molecule has 1 fully saturated rings. The SMILES string of the molecule is CC(O)c1ccccc1NC(=O)CC1CCCO1. The van der Waals surface area contributed by atoms with E-state index in [2.05, 4.69) is 5.32 Å². The number of carbonyl (C=O) groups is 1. The number of aliphatic hydroxyl groups excluding tert-OH is 1. The zero-order chi connectivity index (χ0) is 13.0. The maximum absolute atomic E-state index is 11.9. The second-order valence-corrected chi connectivity index (χ2v) is 4.65. The van der Waals surface area contributed by atoms with E-state index in [9.17, 15) is 9.90 Å². The standard InChI is InChI=1S/C14H19NO3/c1-10(16)12-6-2-3-7-13(12)15-14(17)9-11-5-4-8-18-11/h2-3,6-7,10-11,16H,4-5,8-9H2,1H3,(H,15,17). The van der Waals surface area contributed by atoms with E-state index < -0.39 is 6.10 Å². The zero-order valence-electron chi connectivity index (χ0n) is 10.6. The van der Waals surface area contributed by atoms with Crippen LogP contribution in [0, 0.1) is 0 Å². The quantitative estimate of drug-likeness (QED) is 0.860. The smallest absolute Gasteiger partial charge is 0.226 e. The van der Waals surface area contributed by atoms with Crippen LogP contribution in [0.1, 0.15) is 37.9 Å². The van der Waals surface area contributed by atoms with Crippen LogP contribution >= 0.6 is 0 Å². The number of hydrogen-bond donors (Lipinski definition) is 2. The Labute approximate surface area is 107 Å². The number of para-hydroxylation sites is 1. The number of hydrogen-bond acceptors (Lipinski definition) is 3. The van der Waals surface area contributed by atoms with Gasteiger partial charge in [-0.15, -0.1) is 0 Å². The van der Waals surface area contributed by atoms with E-state index in [4.69, 9.17) is 4.74 Å². The summed E-state index contributed by atoms with van der Waals surface area (Å²) in [5, 5.41) is 12.5. The minimum atomic E-state index is -0.593. The topological polar surface area (TPSA) is 58.6 Å². The Hall–Kier alpha value is -1.39. The summed E-state index contributed by atoms with van der Waals surface area (Å²) < 4.78 is 5.43. The first-order chi connectivity index (χ1) is 8.66. The molecule has 1 aromatic rings. The van der Waals surface area contributed by atoms with Gasteiger partial charge >= 0.3 is 0 Å². The van der Waals surface area contributed by atoms with E-state index in [0.717, 1.165) is 25.0 Å². The lowest BCUT2D eigenvalue weighted by molar-refractivity contribution is -0.118. The number of benzene rings is 1. The van der Waals surface area contributed by atoms with Crippen molar-refractivity contribution in [1.29, 1.82) is 0 Å². The largest absolute Gasteiger partial charge is 0.389 e. The van der Waals surface area contributed by atoms with Crippen LogP contribution in [0.2, 0.25) is 0 Å². The fraction of sp³-hybridized carbons (Fsp3) is 0.500. The highest BCUT2D eigenvalue weighted by Gasteiger charge is 2.19. The van der Waals surface area contributed by atoms with Crippen LogP contribution in [0.3, 0.4) is 0 Å². The summed E-state index contributed by atoms with van der Waals surface area (Å²) in [6, 6.07) is 7.30. The Balaban J connectivity index is 1.97. The average Bonchev–Trinajstić information content (AvgIpc) is 2.82. The molecule has 1 saturated heterocycles.